The molecule has 0 saturated carbocycles. The van der Waals surface area contributed by atoms with Crippen molar-refractivity contribution in [1.29, 1.82) is 0 Å². The number of nitrogens with one attached hydrogen (secondary N) is 1. The summed E-state index contributed by atoms with van der Waals surface area (Å²) >= 11 is 0. The summed E-state index contributed by atoms with van der Waals surface area (Å²) < 4.78 is 10.5. The maximum absolute atomic E-state index is 11.6. The summed E-state index contributed by atoms with van der Waals surface area (Å²) in [5, 5.41) is 11.7. The van der Waals surface area contributed by atoms with Gasteiger partial charge in [0, 0.05) is 6.08 Å². The van der Waals surface area contributed by atoms with E-state index in [1.165, 1.54) is 6.08 Å². The fourth-order valence-electron chi connectivity index (χ4n) is 1.85. The lowest BCUT2D eigenvalue weighted by atomic mass is 10.2. The number of rotatable bonds is 6. The minimum absolute atomic E-state index is 0.0525. The lowest BCUT2D eigenvalue weighted by Gasteiger charge is -2.11. The first kappa shape index (κ1) is 15.1. The van der Waals surface area contributed by atoms with Gasteiger partial charge in [-0.25, -0.2) is 0 Å². The molecule has 1 aromatic rings. The highest BCUT2D eigenvalue weighted by molar-refractivity contribution is 5.88. The molecular weight excluding hydrogens is 270 g/mol. The molecule has 0 fully saturated rings. The average Bonchev–Trinajstić information content (AvgIpc) is 2.96. The normalized spacial score (nSPS) is 14.8. The van der Waals surface area contributed by atoms with Gasteiger partial charge in [0.25, 0.3) is 0 Å². The van der Waals surface area contributed by atoms with Crippen LogP contribution in [0.25, 0.3) is 6.08 Å². The van der Waals surface area contributed by atoms with Crippen LogP contribution >= 0.6 is 0 Å². The quantitative estimate of drug-likeness (QED) is 0.620. The molecule has 1 aromatic carbocycles. The molecule has 0 saturated heterocycles. The third-order valence-corrected chi connectivity index (χ3v) is 3.10. The highest BCUT2D eigenvalue weighted by Crippen LogP contribution is 2.32. The van der Waals surface area contributed by atoms with Crippen molar-refractivity contribution in [3.05, 3.63) is 42.0 Å². The number of carbonyl (C=O) groups is 1. The summed E-state index contributed by atoms with van der Waals surface area (Å²) in [6.45, 7) is 2.11. The maximum atomic E-state index is 11.6. The number of fused-ring (bicyclic) bond motifs is 1. The predicted molar refractivity (Wildman–Crippen MR) is 80.0 cm³/mol. The van der Waals surface area contributed by atoms with Crippen molar-refractivity contribution < 1.29 is 19.4 Å². The average molecular weight is 289 g/mol. The molecule has 1 aliphatic rings. The van der Waals surface area contributed by atoms with E-state index >= 15 is 0 Å². The zero-order valence-electron chi connectivity index (χ0n) is 11.9. The minimum atomic E-state index is -0.216. The number of aliphatic hydroxyl groups excluding tert-OH is 1. The molecule has 0 radical (unpaired) electrons. The van der Waals surface area contributed by atoms with Crippen molar-refractivity contribution in [3.8, 4) is 11.5 Å². The van der Waals surface area contributed by atoms with Crippen LogP contribution in [-0.2, 0) is 4.79 Å². The van der Waals surface area contributed by atoms with Gasteiger partial charge in [0.2, 0.25) is 12.7 Å². The molecule has 1 atom stereocenters. The van der Waals surface area contributed by atoms with Gasteiger partial charge in [0.05, 0.1) is 12.6 Å². The molecule has 5 heteroatoms. The number of allylic oxidation sites excluding steroid dienone is 2. The Morgan fingerprint density at radius 2 is 2.19 bits per heavy atom. The van der Waals surface area contributed by atoms with Gasteiger partial charge in [-0.3, -0.25) is 4.79 Å². The van der Waals surface area contributed by atoms with Gasteiger partial charge < -0.3 is 19.9 Å². The molecule has 112 valence electrons. The van der Waals surface area contributed by atoms with Gasteiger partial charge in [-0.2, -0.15) is 0 Å². The van der Waals surface area contributed by atoms with Crippen LogP contribution in [0.3, 0.4) is 0 Å². The fraction of sp³-hybridized carbons (Fsp3) is 0.312. The molecule has 2 rings (SSSR count). The molecule has 0 aromatic heterocycles. The fourth-order valence-corrected chi connectivity index (χ4v) is 1.85. The highest BCUT2D eigenvalue weighted by atomic mass is 16.7. The summed E-state index contributed by atoms with van der Waals surface area (Å²) in [5.74, 6) is 1.26. The van der Waals surface area contributed by atoms with Gasteiger partial charge in [-0.1, -0.05) is 31.2 Å². The Bertz CT molecular complexity index is 547. The molecule has 0 bridgehead atoms. The third-order valence-electron chi connectivity index (χ3n) is 3.10. The Morgan fingerprint density at radius 3 is 2.95 bits per heavy atom. The number of hydrogen-bond donors (Lipinski definition) is 2. The van der Waals surface area contributed by atoms with Crippen LogP contribution < -0.4 is 14.8 Å². The number of aliphatic hydroxyl groups is 1. The SMILES string of the molecule is CCC(CO)NC(=O)/C=C/C=C/c1ccc2c(c1)OCO2. The van der Waals surface area contributed by atoms with Crippen molar-refractivity contribution in [2.45, 2.75) is 19.4 Å². The van der Waals surface area contributed by atoms with E-state index in [-0.39, 0.29) is 25.3 Å². The molecule has 1 amide bonds. The summed E-state index contributed by atoms with van der Waals surface area (Å²) in [6, 6.07) is 5.45. The van der Waals surface area contributed by atoms with E-state index in [2.05, 4.69) is 5.32 Å². The Kier molecular flexibility index (Phi) is 5.40. The number of benzene rings is 1. The van der Waals surface area contributed by atoms with E-state index in [0.29, 0.717) is 6.42 Å². The van der Waals surface area contributed by atoms with E-state index in [1.807, 2.05) is 31.2 Å². The van der Waals surface area contributed by atoms with Gasteiger partial charge in [-0.05, 0) is 24.1 Å². The smallest absolute Gasteiger partial charge is 0.244 e. The first-order valence-corrected chi connectivity index (χ1v) is 6.88. The van der Waals surface area contributed by atoms with Gasteiger partial charge in [-0.15, -0.1) is 0 Å². The van der Waals surface area contributed by atoms with Crippen molar-refractivity contribution in [3.63, 3.8) is 0 Å². The second kappa shape index (κ2) is 7.50. The summed E-state index contributed by atoms with van der Waals surface area (Å²) in [5.41, 5.74) is 0.964. The number of hydrogen-bond acceptors (Lipinski definition) is 4. The van der Waals surface area contributed by atoms with Crippen LogP contribution in [0, 0.1) is 0 Å². The molecule has 1 unspecified atom stereocenters. The van der Waals surface area contributed by atoms with Crippen molar-refractivity contribution in [2.24, 2.45) is 0 Å². The summed E-state index contributed by atoms with van der Waals surface area (Å²) in [6.07, 6.45) is 7.43. The highest BCUT2D eigenvalue weighted by Gasteiger charge is 2.11. The third kappa shape index (κ3) is 4.36. The van der Waals surface area contributed by atoms with Crippen LogP contribution in [0.5, 0.6) is 11.5 Å². The molecule has 1 aliphatic heterocycles. The Labute approximate surface area is 123 Å². The van der Waals surface area contributed by atoms with Crippen molar-refractivity contribution >= 4 is 12.0 Å². The minimum Gasteiger partial charge on any atom is -0.454 e. The first-order valence-electron chi connectivity index (χ1n) is 6.88. The maximum Gasteiger partial charge on any atom is 0.244 e. The monoisotopic (exact) mass is 289 g/mol. The van der Waals surface area contributed by atoms with E-state index in [4.69, 9.17) is 14.6 Å². The summed E-state index contributed by atoms with van der Waals surface area (Å²) in [7, 11) is 0. The Balaban J connectivity index is 1.87. The first-order chi connectivity index (χ1) is 10.2. The number of carbonyl (C=O) groups excluding carboxylic acids is 1. The molecule has 0 aliphatic carbocycles. The molecule has 21 heavy (non-hydrogen) atoms. The van der Waals surface area contributed by atoms with Crippen LogP contribution in [-0.4, -0.2) is 30.5 Å². The molecule has 5 nitrogen and oxygen atoms in total. The second-order valence-electron chi connectivity index (χ2n) is 4.63. The Morgan fingerprint density at radius 1 is 1.38 bits per heavy atom. The van der Waals surface area contributed by atoms with E-state index in [1.54, 1.807) is 12.2 Å². The number of amides is 1. The van der Waals surface area contributed by atoms with Gasteiger partial charge >= 0.3 is 0 Å². The zero-order valence-corrected chi connectivity index (χ0v) is 11.9. The van der Waals surface area contributed by atoms with E-state index in [9.17, 15) is 4.79 Å². The summed E-state index contributed by atoms with van der Waals surface area (Å²) in [4.78, 5) is 11.6. The van der Waals surface area contributed by atoms with Gasteiger partial charge in [0.1, 0.15) is 0 Å². The van der Waals surface area contributed by atoms with E-state index in [0.717, 1.165) is 17.1 Å². The van der Waals surface area contributed by atoms with Crippen LogP contribution in [0.1, 0.15) is 18.9 Å². The lowest BCUT2D eigenvalue weighted by molar-refractivity contribution is -0.117. The van der Waals surface area contributed by atoms with Gasteiger partial charge in [0.15, 0.2) is 11.5 Å². The predicted octanol–water partition coefficient (Wildman–Crippen LogP) is 1.87. The van der Waals surface area contributed by atoms with Crippen LogP contribution in [0.4, 0.5) is 0 Å². The van der Waals surface area contributed by atoms with Crippen LogP contribution in [0.2, 0.25) is 0 Å². The second-order valence-corrected chi connectivity index (χ2v) is 4.63. The van der Waals surface area contributed by atoms with Crippen LogP contribution in [0.15, 0.2) is 36.4 Å². The van der Waals surface area contributed by atoms with Crippen molar-refractivity contribution in [2.75, 3.05) is 13.4 Å². The Hall–Kier alpha value is -2.27. The molecular formula is C16H19NO4. The standard InChI is InChI=1S/C16H19NO4/c1-2-13(10-18)17-16(19)6-4-3-5-12-7-8-14-15(9-12)21-11-20-14/h3-9,13,18H,2,10-11H2,1H3,(H,17,19)/b5-3+,6-4+. The lowest BCUT2D eigenvalue weighted by Crippen LogP contribution is -2.35. The molecule has 1 heterocycles. The largest absolute Gasteiger partial charge is 0.454 e. The zero-order chi connectivity index (χ0) is 15.1. The molecule has 2 N–H and O–H groups in total. The number of ether oxygens (including phenoxy) is 2. The van der Waals surface area contributed by atoms with E-state index < -0.39 is 0 Å². The van der Waals surface area contributed by atoms with Crippen molar-refractivity contribution in [1.82, 2.24) is 5.32 Å². The topological polar surface area (TPSA) is 67.8 Å². The molecule has 0 spiro atoms.